The van der Waals surface area contributed by atoms with Crippen LogP contribution in [-0.4, -0.2) is 69.4 Å². The van der Waals surface area contributed by atoms with E-state index in [1.807, 2.05) is 23.5 Å². The Morgan fingerprint density at radius 2 is 0.582 bits per heavy atom. The van der Waals surface area contributed by atoms with Crippen LogP contribution in [0, 0.1) is 0 Å². The standard InChI is InChI=1S/C90H64O4S4/c1-4-12-74-53(9-1)25-36-78-77-15-7-8-16-81(77)89(84(74)78,64-28-17-60-43-68(32-21-56(60)39-64)91-47-72-51-95-72)65-29-18-61-45-70(34-23-57(61)40-65)93-49-82-87(97-82)88-83(98-88)50-94-71-35-24-59-42-67(31-20-63(59)46-71)90(66-30-19-62-44-69(33-22-58(62)41-66)92-48-73-52-96-73)85-75-13-5-2-10-54(75)26-37-79(85)80-38-27-55-11-3-6-14-76(55)86(80)90/h1-46,72-73,82-83,87-88H,47-52H2. The van der Waals surface area contributed by atoms with Gasteiger partial charge < -0.3 is 18.9 Å². The van der Waals surface area contributed by atoms with E-state index in [-0.39, 0.29) is 0 Å². The molecule has 98 heavy (non-hydrogen) atoms. The van der Waals surface area contributed by atoms with Gasteiger partial charge in [0.05, 0.1) is 21.3 Å². The highest BCUT2D eigenvalue weighted by Crippen LogP contribution is 2.63. The van der Waals surface area contributed by atoms with Crippen LogP contribution in [-0.2, 0) is 10.8 Å². The van der Waals surface area contributed by atoms with Gasteiger partial charge in [0, 0.05) is 32.5 Å². The summed E-state index contributed by atoms with van der Waals surface area (Å²) in [6.07, 6.45) is 0. The van der Waals surface area contributed by atoms with Crippen molar-refractivity contribution in [3.63, 3.8) is 0 Å². The van der Waals surface area contributed by atoms with Crippen LogP contribution in [0.3, 0.4) is 0 Å². The summed E-state index contributed by atoms with van der Waals surface area (Å²) in [6.45, 7) is 2.90. The summed E-state index contributed by atoms with van der Waals surface area (Å²) in [5.41, 5.74) is 14.3. The molecule has 2 aliphatic carbocycles. The lowest BCUT2D eigenvalue weighted by atomic mass is 9.65. The summed E-state index contributed by atoms with van der Waals surface area (Å²) in [6, 6.07) is 105. The molecule has 0 amide bonds. The maximum absolute atomic E-state index is 6.72. The van der Waals surface area contributed by atoms with E-state index >= 15 is 0 Å². The van der Waals surface area contributed by atoms with Gasteiger partial charge in [-0.3, -0.25) is 0 Å². The van der Waals surface area contributed by atoms with Gasteiger partial charge in [0.2, 0.25) is 0 Å². The van der Waals surface area contributed by atoms with Crippen molar-refractivity contribution < 1.29 is 18.9 Å². The minimum Gasteiger partial charge on any atom is -0.492 e. The van der Waals surface area contributed by atoms with Crippen LogP contribution in [0.15, 0.2) is 279 Å². The molecule has 0 radical (unpaired) electrons. The van der Waals surface area contributed by atoms with E-state index in [0.717, 1.165) is 36.2 Å². The minimum atomic E-state index is -0.640. The summed E-state index contributed by atoms with van der Waals surface area (Å²) in [7, 11) is 0. The van der Waals surface area contributed by atoms with E-state index in [1.165, 1.54) is 154 Å². The molecule has 4 saturated heterocycles. The fourth-order valence-corrected chi connectivity index (χ4v) is 20.4. The summed E-state index contributed by atoms with van der Waals surface area (Å²) < 4.78 is 26.0. The Hall–Kier alpha value is -9.28. The van der Waals surface area contributed by atoms with Gasteiger partial charge in [0.25, 0.3) is 0 Å². The second kappa shape index (κ2) is 22.6. The zero-order chi connectivity index (χ0) is 64.2. The van der Waals surface area contributed by atoms with Gasteiger partial charge in [-0.25, -0.2) is 0 Å². The molecule has 4 aliphatic heterocycles. The van der Waals surface area contributed by atoms with Gasteiger partial charge in [-0.05, 0) is 215 Å². The Kier molecular flexibility index (Phi) is 13.3. The van der Waals surface area contributed by atoms with Crippen LogP contribution in [0.25, 0.3) is 97.7 Å². The lowest BCUT2D eigenvalue weighted by molar-refractivity contribution is 0.315. The highest BCUT2D eigenvalue weighted by molar-refractivity contribution is 8.12. The predicted octanol–water partition coefficient (Wildman–Crippen LogP) is 21.9. The Balaban J connectivity index is 0.537. The maximum Gasteiger partial charge on any atom is 0.119 e. The van der Waals surface area contributed by atoms with Crippen LogP contribution < -0.4 is 18.9 Å². The van der Waals surface area contributed by atoms with Gasteiger partial charge in [0.15, 0.2) is 0 Å². The third kappa shape index (κ3) is 9.45. The highest BCUT2D eigenvalue weighted by Gasteiger charge is 2.56. The van der Waals surface area contributed by atoms with Crippen LogP contribution in [0.4, 0.5) is 0 Å². The summed E-state index contributed by atoms with van der Waals surface area (Å²) >= 11 is 8.06. The first-order chi connectivity index (χ1) is 48.5. The summed E-state index contributed by atoms with van der Waals surface area (Å²) in [5, 5.41) is 20.3. The van der Waals surface area contributed by atoms with Gasteiger partial charge in [-0.1, -0.05) is 206 Å². The molecule has 4 fully saturated rings. The Morgan fingerprint density at radius 3 is 0.980 bits per heavy atom. The van der Waals surface area contributed by atoms with E-state index in [4.69, 9.17) is 18.9 Å². The number of hydrogen-bond acceptors (Lipinski definition) is 8. The van der Waals surface area contributed by atoms with Gasteiger partial charge >= 0.3 is 0 Å². The Labute approximate surface area is 586 Å². The number of hydrogen-bond donors (Lipinski definition) is 0. The van der Waals surface area contributed by atoms with Crippen molar-refractivity contribution in [1.82, 2.24) is 0 Å². The molecule has 8 heteroatoms. The summed E-state index contributed by atoms with van der Waals surface area (Å²) in [5.74, 6) is 6.08. The molecule has 15 aromatic carbocycles. The van der Waals surface area contributed by atoms with E-state index in [2.05, 4.69) is 303 Å². The molecule has 0 saturated carbocycles. The topological polar surface area (TPSA) is 36.9 Å². The molecule has 0 N–H and O–H groups in total. The van der Waals surface area contributed by atoms with E-state index in [9.17, 15) is 0 Å². The number of ether oxygens (including phenoxy) is 4. The summed E-state index contributed by atoms with van der Waals surface area (Å²) in [4.78, 5) is 0. The largest absolute Gasteiger partial charge is 0.492 e. The molecule has 0 aromatic heterocycles. The third-order valence-electron chi connectivity index (χ3n) is 21.9. The molecule has 4 nitrogen and oxygen atoms in total. The monoisotopic (exact) mass is 1340 g/mol. The smallest absolute Gasteiger partial charge is 0.119 e. The lowest BCUT2D eigenvalue weighted by Crippen LogP contribution is -2.29. The molecule has 15 aromatic rings. The first-order valence-corrected chi connectivity index (χ1v) is 38.3. The lowest BCUT2D eigenvalue weighted by Gasteiger charge is -2.36. The van der Waals surface area contributed by atoms with Crippen molar-refractivity contribution in [3.05, 3.63) is 324 Å². The van der Waals surface area contributed by atoms with Gasteiger partial charge in [0.1, 0.15) is 49.4 Å². The zero-order valence-electron chi connectivity index (χ0n) is 53.5. The number of benzene rings is 15. The van der Waals surface area contributed by atoms with Crippen molar-refractivity contribution >= 4 is 122 Å². The molecule has 21 rings (SSSR count). The van der Waals surface area contributed by atoms with Crippen molar-refractivity contribution in [1.29, 1.82) is 0 Å². The molecule has 6 aliphatic rings. The second-order valence-electron chi connectivity index (χ2n) is 27.5. The minimum absolute atomic E-state index is 0.457. The normalized spacial score (nSPS) is 21.1. The van der Waals surface area contributed by atoms with Gasteiger partial charge in [-0.2, -0.15) is 23.5 Å². The average Bonchev–Trinajstić information content (AvgIpc) is 1.51. The third-order valence-corrected chi connectivity index (χ3v) is 26.7. The van der Waals surface area contributed by atoms with E-state index in [0.29, 0.717) is 44.7 Å². The fraction of sp³-hybridized carbons (Fsp3) is 0.156. The zero-order valence-corrected chi connectivity index (χ0v) is 56.8. The van der Waals surface area contributed by atoms with Crippen LogP contribution >= 0.6 is 47.0 Å². The Morgan fingerprint density at radius 1 is 0.276 bits per heavy atom. The molecule has 0 spiro atoms. The number of fused-ring (bicyclic) bond motifs is 16. The molecule has 7 unspecified atom stereocenters. The Bertz CT molecular complexity index is 5750. The van der Waals surface area contributed by atoms with E-state index in [1.54, 1.807) is 0 Å². The molecular weight excluding hydrogens is 1270 g/mol. The first-order valence-electron chi connectivity index (χ1n) is 34.4. The maximum atomic E-state index is 6.72. The van der Waals surface area contributed by atoms with E-state index < -0.39 is 10.8 Å². The quantitative estimate of drug-likeness (QED) is 0.0835. The molecule has 0 bridgehead atoms. The van der Waals surface area contributed by atoms with Crippen molar-refractivity contribution in [2.75, 3.05) is 37.9 Å². The number of thioether (sulfide) groups is 4. The van der Waals surface area contributed by atoms with Crippen LogP contribution in [0.2, 0.25) is 0 Å². The second-order valence-corrected chi connectivity index (χ2v) is 33.0. The SMILES string of the molecule is c1ccc2c(c1)-c1ccc3ccccc3c1C2(c1ccc2cc(OCC3CS3)ccc2c1)c1ccc2cc(OCC3SC3C3SC3COc3ccc4cc(C5(c6ccc7cc(OCC8CS8)ccc7c6)c6c(ccc7ccccc67)-c6ccc7ccccc7c65)ccc4c3)ccc2c1. The molecule has 472 valence electrons. The predicted molar refractivity (Wildman–Crippen MR) is 415 cm³/mol. The van der Waals surface area contributed by atoms with Crippen molar-refractivity contribution in [3.8, 4) is 45.3 Å². The molecular formula is C90H64O4S4. The fourth-order valence-electron chi connectivity index (χ4n) is 16.9. The first kappa shape index (κ1) is 57.8. The number of rotatable bonds is 17. The van der Waals surface area contributed by atoms with Crippen molar-refractivity contribution in [2.24, 2.45) is 0 Å². The molecule has 7 atom stereocenters. The van der Waals surface area contributed by atoms with Crippen LogP contribution in [0.1, 0.15) is 44.5 Å². The van der Waals surface area contributed by atoms with Crippen LogP contribution in [0.5, 0.6) is 23.0 Å². The highest BCUT2D eigenvalue weighted by atomic mass is 32.2. The van der Waals surface area contributed by atoms with Crippen molar-refractivity contribution in [2.45, 2.75) is 42.3 Å². The average molecular weight is 1340 g/mol. The van der Waals surface area contributed by atoms with Gasteiger partial charge in [-0.15, -0.1) is 23.5 Å². The molecule has 4 heterocycles.